The van der Waals surface area contributed by atoms with Crippen molar-refractivity contribution in [2.24, 2.45) is 24.8 Å². The van der Waals surface area contributed by atoms with Crippen LogP contribution in [-0.2, 0) is 7.05 Å². The van der Waals surface area contributed by atoms with E-state index in [0.29, 0.717) is 5.92 Å². The van der Waals surface area contributed by atoms with E-state index in [1.54, 1.807) is 0 Å². The summed E-state index contributed by atoms with van der Waals surface area (Å²) in [7, 11) is 1.90. The first-order valence-corrected chi connectivity index (χ1v) is 7.96. The summed E-state index contributed by atoms with van der Waals surface area (Å²) in [5.41, 5.74) is 0.724. The minimum atomic E-state index is 0.0449. The van der Waals surface area contributed by atoms with Crippen molar-refractivity contribution in [1.29, 1.82) is 0 Å². The van der Waals surface area contributed by atoms with E-state index in [2.05, 4.69) is 28.2 Å². The van der Waals surface area contributed by atoms with Crippen LogP contribution in [0.2, 0.25) is 0 Å². The van der Waals surface area contributed by atoms with Crippen molar-refractivity contribution in [3.05, 3.63) is 22.4 Å². The highest BCUT2D eigenvalue weighted by Gasteiger charge is 2.42. The van der Waals surface area contributed by atoms with E-state index in [1.165, 1.54) is 25.7 Å². The summed E-state index contributed by atoms with van der Waals surface area (Å²) in [6, 6.07) is 2.17. The first-order valence-electron chi connectivity index (χ1n) is 7.17. The monoisotopic (exact) mass is 324 g/mol. The summed E-state index contributed by atoms with van der Waals surface area (Å²) < 4.78 is 2.82. The number of amides is 1. The maximum Gasteiger partial charge on any atom is 0.268 e. The van der Waals surface area contributed by atoms with Gasteiger partial charge in [0, 0.05) is 23.8 Å². The van der Waals surface area contributed by atoms with Crippen LogP contribution in [0.25, 0.3) is 0 Å². The summed E-state index contributed by atoms with van der Waals surface area (Å²) in [4.78, 5) is 12.3. The minimum Gasteiger partial charge on any atom is -0.348 e. The van der Waals surface area contributed by atoms with Crippen LogP contribution in [0, 0.1) is 17.8 Å². The lowest BCUT2D eigenvalue weighted by Crippen LogP contribution is -2.40. The highest BCUT2D eigenvalue weighted by molar-refractivity contribution is 9.10. The number of hydrogen-bond acceptors (Lipinski definition) is 1. The lowest BCUT2D eigenvalue weighted by Gasteiger charge is -2.28. The molecule has 1 amide bonds. The topological polar surface area (TPSA) is 34.0 Å². The number of carbonyl (C=O) groups is 1. The highest BCUT2D eigenvalue weighted by atomic mass is 79.9. The molecular weight excluding hydrogens is 304 g/mol. The molecule has 0 spiro atoms. The standard InChI is InChI=1S/C15H21BrN2O/c1-9(13-6-10-3-4-11(13)5-10)17-15(19)14-7-12(16)8-18(14)2/h7-11,13H,3-6H2,1-2H3,(H,17,19). The molecule has 3 rings (SSSR count). The van der Waals surface area contributed by atoms with E-state index >= 15 is 0 Å². The van der Waals surface area contributed by atoms with Crippen molar-refractivity contribution in [3.63, 3.8) is 0 Å². The van der Waals surface area contributed by atoms with Gasteiger partial charge in [0.2, 0.25) is 0 Å². The summed E-state index contributed by atoms with van der Waals surface area (Å²) in [5.74, 6) is 2.51. The predicted octanol–water partition coefficient (Wildman–Crippen LogP) is 3.34. The second-order valence-corrected chi connectivity index (χ2v) is 7.17. The zero-order chi connectivity index (χ0) is 13.6. The lowest BCUT2D eigenvalue weighted by atomic mass is 9.84. The fourth-order valence-electron chi connectivity index (χ4n) is 4.04. The average Bonchev–Trinajstić information content (AvgIpc) is 3.03. The van der Waals surface area contributed by atoms with E-state index in [1.807, 2.05) is 23.9 Å². The average molecular weight is 325 g/mol. The molecular formula is C15H21BrN2O. The Morgan fingerprint density at radius 3 is 2.79 bits per heavy atom. The van der Waals surface area contributed by atoms with Crippen molar-refractivity contribution >= 4 is 21.8 Å². The van der Waals surface area contributed by atoms with Crippen LogP contribution >= 0.6 is 15.9 Å². The summed E-state index contributed by atoms with van der Waals surface area (Å²) >= 11 is 3.41. The van der Waals surface area contributed by atoms with Gasteiger partial charge in [0.05, 0.1) is 0 Å². The number of rotatable bonds is 3. The smallest absolute Gasteiger partial charge is 0.268 e. The first kappa shape index (κ1) is 13.2. The van der Waals surface area contributed by atoms with Crippen LogP contribution in [0.4, 0.5) is 0 Å². The van der Waals surface area contributed by atoms with Crippen molar-refractivity contribution in [2.45, 2.75) is 38.6 Å². The van der Waals surface area contributed by atoms with Gasteiger partial charge in [-0.1, -0.05) is 6.42 Å². The largest absolute Gasteiger partial charge is 0.348 e. The number of nitrogens with one attached hydrogen (secondary N) is 1. The SMILES string of the molecule is CC(NC(=O)c1cc(Br)cn1C)C1CC2CCC1C2. The normalized spacial score (nSPS) is 30.6. The van der Waals surface area contributed by atoms with E-state index in [-0.39, 0.29) is 11.9 Å². The van der Waals surface area contributed by atoms with Gasteiger partial charge in [-0.3, -0.25) is 4.79 Å². The number of aryl methyl sites for hydroxylation is 1. The molecule has 0 aliphatic heterocycles. The number of nitrogens with zero attached hydrogens (tertiary/aromatic N) is 1. The van der Waals surface area contributed by atoms with E-state index in [9.17, 15) is 4.79 Å². The number of hydrogen-bond donors (Lipinski definition) is 1. The Labute approximate surface area is 122 Å². The molecule has 0 radical (unpaired) electrons. The number of halogens is 1. The fraction of sp³-hybridized carbons (Fsp3) is 0.667. The van der Waals surface area contributed by atoms with Gasteiger partial charge in [-0.25, -0.2) is 0 Å². The molecule has 104 valence electrons. The molecule has 3 nitrogen and oxygen atoms in total. The molecule has 0 saturated heterocycles. The number of carbonyl (C=O) groups excluding carboxylic acids is 1. The predicted molar refractivity (Wildman–Crippen MR) is 79.0 cm³/mol. The van der Waals surface area contributed by atoms with Gasteiger partial charge in [-0.15, -0.1) is 0 Å². The third kappa shape index (κ3) is 2.47. The summed E-state index contributed by atoms with van der Waals surface area (Å²) in [6.07, 6.45) is 7.39. The maximum atomic E-state index is 12.3. The second kappa shape index (κ2) is 4.97. The molecule has 4 heteroatoms. The molecule has 0 aromatic carbocycles. The number of fused-ring (bicyclic) bond motifs is 2. The fourth-order valence-corrected chi connectivity index (χ4v) is 4.57. The van der Waals surface area contributed by atoms with E-state index < -0.39 is 0 Å². The Balaban J connectivity index is 1.65. The summed E-state index contributed by atoms with van der Waals surface area (Å²) in [6.45, 7) is 2.17. The second-order valence-electron chi connectivity index (χ2n) is 6.26. The van der Waals surface area contributed by atoms with Gasteiger partial charge in [0.25, 0.3) is 5.91 Å². The Kier molecular flexibility index (Phi) is 3.46. The highest BCUT2D eigenvalue weighted by Crippen LogP contribution is 2.49. The molecule has 2 fully saturated rings. The lowest BCUT2D eigenvalue weighted by molar-refractivity contribution is 0.0907. The Morgan fingerprint density at radius 2 is 2.26 bits per heavy atom. The molecule has 2 aliphatic rings. The van der Waals surface area contributed by atoms with Crippen LogP contribution in [-0.4, -0.2) is 16.5 Å². The van der Waals surface area contributed by atoms with E-state index in [0.717, 1.165) is 22.0 Å². The van der Waals surface area contributed by atoms with Crippen molar-refractivity contribution in [2.75, 3.05) is 0 Å². The van der Waals surface area contributed by atoms with Gasteiger partial charge < -0.3 is 9.88 Å². The molecule has 1 aromatic heterocycles. The maximum absolute atomic E-state index is 12.3. The van der Waals surface area contributed by atoms with Gasteiger partial charge in [-0.05, 0) is 65.9 Å². The molecule has 1 heterocycles. The van der Waals surface area contributed by atoms with Crippen LogP contribution in [0.1, 0.15) is 43.1 Å². The number of aromatic nitrogens is 1. The quantitative estimate of drug-likeness (QED) is 0.909. The molecule has 2 bridgehead atoms. The zero-order valence-corrected chi connectivity index (χ0v) is 13.1. The first-order chi connectivity index (χ1) is 9.04. The van der Waals surface area contributed by atoms with Crippen LogP contribution < -0.4 is 5.32 Å². The van der Waals surface area contributed by atoms with Crippen LogP contribution in [0.3, 0.4) is 0 Å². The molecule has 4 unspecified atom stereocenters. The third-order valence-corrected chi connectivity index (χ3v) is 5.43. The Hall–Kier alpha value is -0.770. The van der Waals surface area contributed by atoms with E-state index in [4.69, 9.17) is 0 Å². The van der Waals surface area contributed by atoms with Crippen molar-refractivity contribution < 1.29 is 4.79 Å². The van der Waals surface area contributed by atoms with Crippen LogP contribution in [0.15, 0.2) is 16.7 Å². The van der Waals surface area contributed by atoms with Crippen molar-refractivity contribution in [1.82, 2.24) is 9.88 Å². The summed E-state index contributed by atoms with van der Waals surface area (Å²) in [5, 5.41) is 3.20. The molecule has 1 N–H and O–H groups in total. The van der Waals surface area contributed by atoms with Gasteiger partial charge >= 0.3 is 0 Å². The Bertz CT molecular complexity index is 496. The zero-order valence-electron chi connectivity index (χ0n) is 11.5. The molecule has 1 aromatic rings. The molecule has 2 saturated carbocycles. The molecule has 4 atom stereocenters. The third-order valence-electron chi connectivity index (χ3n) is 5.00. The Morgan fingerprint density at radius 1 is 1.47 bits per heavy atom. The minimum absolute atomic E-state index is 0.0449. The van der Waals surface area contributed by atoms with Gasteiger partial charge in [-0.2, -0.15) is 0 Å². The molecule has 2 aliphatic carbocycles. The van der Waals surface area contributed by atoms with Gasteiger partial charge in [0.15, 0.2) is 0 Å². The molecule has 19 heavy (non-hydrogen) atoms. The van der Waals surface area contributed by atoms with Gasteiger partial charge in [0.1, 0.15) is 5.69 Å². The van der Waals surface area contributed by atoms with Crippen LogP contribution in [0.5, 0.6) is 0 Å². The van der Waals surface area contributed by atoms with Crippen molar-refractivity contribution in [3.8, 4) is 0 Å².